The molecule has 9 heteroatoms. The van der Waals surface area contributed by atoms with Crippen LogP contribution in [-0.4, -0.2) is 29.1 Å². The zero-order valence-electron chi connectivity index (χ0n) is 10.7. The maximum absolute atomic E-state index is 12.2. The van der Waals surface area contributed by atoms with Crippen molar-refractivity contribution in [2.75, 3.05) is 5.75 Å². The second kappa shape index (κ2) is 5.84. The predicted molar refractivity (Wildman–Crippen MR) is 66.9 cm³/mol. The maximum Gasteiger partial charge on any atom is 0.573 e. The Kier molecular flexibility index (Phi) is 4.31. The molecule has 114 valence electrons. The van der Waals surface area contributed by atoms with Gasteiger partial charge in [0.2, 0.25) is 0 Å². The van der Waals surface area contributed by atoms with Crippen LogP contribution in [0.1, 0.15) is 17.9 Å². The lowest BCUT2D eigenvalue weighted by molar-refractivity contribution is -0.274. The molecular formula is C12H10F3NO4S. The van der Waals surface area contributed by atoms with Crippen LogP contribution in [0.25, 0.3) is 0 Å². The number of carbonyl (C=O) groups is 2. The monoisotopic (exact) mass is 321 g/mol. The molecule has 1 aliphatic rings. The van der Waals surface area contributed by atoms with Crippen molar-refractivity contribution in [3.63, 3.8) is 0 Å². The molecule has 1 saturated heterocycles. The lowest BCUT2D eigenvalue weighted by Gasteiger charge is -2.22. The van der Waals surface area contributed by atoms with Gasteiger partial charge in [0.05, 0.1) is 5.75 Å². The van der Waals surface area contributed by atoms with E-state index in [1.807, 2.05) is 0 Å². The molecule has 1 amide bonds. The minimum Gasteiger partial charge on any atom is -0.406 e. The SMILES string of the molecule is CC(=O)ON1C(=O)CSC1c1cccc(OC(F)(F)F)c1. The third-order valence-corrected chi connectivity index (χ3v) is 3.62. The van der Waals surface area contributed by atoms with Crippen LogP contribution in [0.5, 0.6) is 5.75 Å². The van der Waals surface area contributed by atoms with E-state index in [1.54, 1.807) is 0 Å². The highest BCUT2D eigenvalue weighted by molar-refractivity contribution is 8.00. The number of rotatable bonds is 3. The highest BCUT2D eigenvalue weighted by Crippen LogP contribution is 2.40. The number of hydroxylamine groups is 2. The summed E-state index contributed by atoms with van der Waals surface area (Å²) in [5.41, 5.74) is 0.369. The van der Waals surface area contributed by atoms with Crippen LogP contribution in [0.3, 0.4) is 0 Å². The Morgan fingerprint density at radius 1 is 1.43 bits per heavy atom. The van der Waals surface area contributed by atoms with Gasteiger partial charge in [-0.25, -0.2) is 0 Å². The van der Waals surface area contributed by atoms with E-state index in [-0.39, 0.29) is 5.75 Å². The lowest BCUT2D eigenvalue weighted by atomic mass is 10.2. The molecule has 2 rings (SSSR count). The van der Waals surface area contributed by atoms with Gasteiger partial charge in [-0.1, -0.05) is 12.1 Å². The second-order valence-corrected chi connectivity index (χ2v) is 5.15. The summed E-state index contributed by atoms with van der Waals surface area (Å²) in [4.78, 5) is 27.4. The molecule has 5 nitrogen and oxygen atoms in total. The van der Waals surface area contributed by atoms with Gasteiger partial charge in [0.15, 0.2) is 0 Å². The Morgan fingerprint density at radius 2 is 2.14 bits per heavy atom. The number of amides is 1. The van der Waals surface area contributed by atoms with Crippen molar-refractivity contribution < 1.29 is 32.3 Å². The number of carbonyl (C=O) groups excluding carboxylic acids is 2. The normalized spacial score (nSPS) is 18.8. The van der Waals surface area contributed by atoms with Gasteiger partial charge in [-0.3, -0.25) is 9.59 Å². The number of halogens is 3. The first-order chi connectivity index (χ1) is 9.76. The molecule has 1 atom stereocenters. The van der Waals surface area contributed by atoms with Gasteiger partial charge >= 0.3 is 12.3 Å². The first-order valence-electron chi connectivity index (χ1n) is 5.74. The van der Waals surface area contributed by atoms with Crippen molar-refractivity contribution in [2.45, 2.75) is 18.7 Å². The standard InChI is InChI=1S/C12H10F3NO4S/c1-7(17)20-16-10(18)6-21-11(16)8-3-2-4-9(5-8)19-12(13,14)15/h2-5,11H,6H2,1H3. The quantitative estimate of drug-likeness (QED) is 0.856. The van der Waals surface area contributed by atoms with Gasteiger partial charge in [0.25, 0.3) is 5.91 Å². The van der Waals surface area contributed by atoms with Crippen LogP contribution in [0.4, 0.5) is 13.2 Å². The number of ether oxygens (including phenoxy) is 1. The van der Waals surface area contributed by atoms with Crippen LogP contribution in [0.15, 0.2) is 24.3 Å². The van der Waals surface area contributed by atoms with Gasteiger partial charge in [-0.05, 0) is 17.7 Å². The van der Waals surface area contributed by atoms with Crippen LogP contribution in [0, 0.1) is 0 Å². The predicted octanol–water partition coefficient (Wildman–Crippen LogP) is 2.64. The Labute approximate surface area is 121 Å². The molecule has 21 heavy (non-hydrogen) atoms. The fraction of sp³-hybridized carbons (Fsp3) is 0.333. The van der Waals surface area contributed by atoms with E-state index >= 15 is 0 Å². The molecule has 1 heterocycles. The van der Waals surface area contributed by atoms with Crippen molar-refractivity contribution in [3.8, 4) is 5.75 Å². The van der Waals surface area contributed by atoms with Crippen LogP contribution >= 0.6 is 11.8 Å². The molecule has 1 fully saturated rings. The third-order valence-electron chi connectivity index (χ3n) is 2.43. The highest BCUT2D eigenvalue weighted by Gasteiger charge is 2.37. The van der Waals surface area contributed by atoms with E-state index in [0.29, 0.717) is 5.56 Å². The molecule has 1 unspecified atom stereocenters. The molecule has 0 aliphatic carbocycles. The zero-order valence-corrected chi connectivity index (χ0v) is 11.5. The van der Waals surface area contributed by atoms with Crippen molar-refractivity contribution in [1.82, 2.24) is 5.06 Å². The third kappa shape index (κ3) is 4.03. The molecule has 0 N–H and O–H groups in total. The number of thioether (sulfide) groups is 1. The summed E-state index contributed by atoms with van der Waals surface area (Å²) < 4.78 is 40.4. The first kappa shape index (κ1) is 15.5. The van der Waals surface area contributed by atoms with Crippen molar-refractivity contribution in [2.24, 2.45) is 0 Å². The van der Waals surface area contributed by atoms with Crippen molar-refractivity contribution >= 4 is 23.6 Å². The smallest absolute Gasteiger partial charge is 0.406 e. The van der Waals surface area contributed by atoms with Crippen molar-refractivity contribution in [1.29, 1.82) is 0 Å². The van der Waals surface area contributed by atoms with E-state index in [0.717, 1.165) is 35.9 Å². The van der Waals surface area contributed by atoms with E-state index < -0.39 is 29.4 Å². The van der Waals surface area contributed by atoms with Gasteiger partial charge in [0.1, 0.15) is 11.1 Å². The number of benzene rings is 1. The molecule has 0 bridgehead atoms. The van der Waals surface area contributed by atoms with Gasteiger partial charge in [-0.15, -0.1) is 24.9 Å². The summed E-state index contributed by atoms with van der Waals surface area (Å²) in [6.45, 7) is 1.14. The summed E-state index contributed by atoms with van der Waals surface area (Å²) in [5.74, 6) is -1.44. The summed E-state index contributed by atoms with van der Waals surface area (Å²) >= 11 is 1.14. The summed E-state index contributed by atoms with van der Waals surface area (Å²) in [6.07, 6.45) is -4.80. The van der Waals surface area contributed by atoms with Gasteiger partial charge in [-0.2, -0.15) is 5.06 Å². The zero-order chi connectivity index (χ0) is 15.6. The minimum absolute atomic E-state index is 0.0717. The van der Waals surface area contributed by atoms with Crippen LogP contribution in [0.2, 0.25) is 0 Å². The van der Waals surface area contributed by atoms with E-state index in [4.69, 9.17) is 4.84 Å². The fourth-order valence-electron chi connectivity index (χ4n) is 1.75. The van der Waals surface area contributed by atoms with Crippen LogP contribution < -0.4 is 4.74 Å². The number of hydrogen-bond acceptors (Lipinski definition) is 5. The van der Waals surface area contributed by atoms with E-state index in [9.17, 15) is 22.8 Å². The molecule has 1 aromatic rings. The van der Waals surface area contributed by atoms with Gasteiger partial charge in [0, 0.05) is 6.92 Å². The van der Waals surface area contributed by atoms with Crippen LogP contribution in [-0.2, 0) is 14.4 Å². The molecule has 1 aromatic carbocycles. The highest BCUT2D eigenvalue weighted by atomic mass is 32.2. The average Bonchev–Trinajstić information content (AvgIpc) is 2.68. The second-order valence-electron chi connectivity index (χ2n) is 4.09. The molecule has 0 saturated carbocycles. The summed E-state index contributed by atoms with van der Waals surface area (Å²) in [5, 5.41) is 0.165. The Hall–Kier alpha value is -1.90. The van der Waals surface area contributed by atoms with Gasteiger partial charge < -0.3 is 9.57 Å². The Bertz CT molecular complexity index is 564. The summed E-state index contributed by atoms with van der Waals surface area (Å²) in [6, 6.07) is 5.19. The minimum atomic E-state index is -4.80. The Balaban J connectivity index is 2.22. The number of alkyl halides is 3. The molecular weight excluding hydrogens is 311 g/mol. The number of nitrogens with zero attached hydrogens (tertiary/aromatic N) is 1. The van der Waals surface area contributed by atoms with E-state index in [1.165, 1.54) is 12.1 Å². The Morgan fingerprint density at radius 3 is 2.76 bits per heavy atom. The maximum atomic E-state index is 12.2. The first-order valence-corrected chi connectivity index (χ1v) is 6.79. The number of hydrogen-bond donors (Lipinski definition) is 0. The molecule has 0 spiro atoms. The van der Waals surface area contributed by atoms with Crippen molar-refractivity contribution in [3.05, 3.63) is 29.8 Å². The molecule has 0 radical (unpaired) electrons. The fourth-order valence-corrected chi connectivity index (χ4v) is 2.81. The largest absolute Gasteiger partial charge is 0.573 e. The average molecular weight is 321 g/mol. The topological polar surface area (TPSA) is 55.8 Å². The summed E-state index contributed by atoms with van der Waals surface area (Å²) in [7, 11) is 0. The molecule has 0 aromatic heterocycles. The van der Waals surface area contributed by atoms with E-state index in [2.05, 4.69) is 4.74 Å². The lowest BCUT2D eigenvalue weighted by Crippen LogP contribution is -2.30. The molecule has 1 aliphatic heterocycles.